The van der Waals surface area contributed by atoms with Crippen LogP contribution >= 0.6 is 15.9 Å². The lowest BCUT2D eigenvalue weighted by atomic mass is 10.1. The summed E-state index contributed by atoms with van der Waals surface area (Å²) in [6.45, 7) is 0.0124. The van der Waals surface area contributed by atoms with E-state index in [9.17, 15) is 13.2 Å². The molecule has 3 rings (SSSR count). The fourth-order valence-corrected chi connectivity index (χ4v) is 2.82. The minimum atomic E-state index is -4.38. The van der Waals surface area contributed by atoms with Gasteiger partial charge in [0, 0.05) is 10.0 Å². The number of hydrazone groups is 1. The SMILES string of the molecule is FC(F)(F)c1cccc(COc2ccc(Br)cc2C=NNc2ccccc2)c1. The van der Waals surface area contributed by atoms with Gasteiger partial charge in [-0.1, -0.05) is 46.3 Å². The third kappa shape index (κ3) is 5.60. The van der Waals surface area contributed by atoms with Crippen LogP contribution in [0.15, 0.2) is 82.4 Å². The van der Waals surface area contributed by atoms with Crippen LogP contribution in [0.1, 0.15) is 16.7 Å². The number of alkyl halides is 3. The van der Waals surface area contributed by atoms with Crippen LogP contribution in [0.5, 0.6) is 5.75 Å². The maximum atomic E-state index is 12.8. The van der Waals surface area contributed by atoms with Crippen molar-refractivity contribution in [2.45, 2.75) is 12.8 Å². The summed E-state index contributed by atoms with van der Waals surface area (Å²) in [5.74, 6) is 0.513. The van der Waals surface area contributed by atoms with Gasteiger partial charge in [-0.2, -0.15) is 18.3 Å². The first-order valence-corrected chi connectivity index (χ1v) is 9.14. The summed E-state index contributed by atoms with van der Waals surface area (Å²) >= 11 is 3.40. The zero-order valence-electron chi connectivity index (χ0n) is 14.6. The van der Waals surface area contributed by atoms with Crippen molar-refractivity contribution in [1.82, 2.24) is 0 Å². The first-order chi connectivity index (χ1) is 13.4. The molecule has 0 radical (unpaired) electrons. The minimum absolute atomic E-state index is 0.0124. The summed E-state index contributed by atoms with van der Waals surface area (Å²) in [5, 5.41) is 4.19. The lowest BCUT2D eigenvalue weighted by Gasteiger charge is -2.12. The molecule has 3 aromatic rings. The molecular weight excluding hydrogens is 433 g/mol. The molecule has 3 nitrogen and oxygen atoms in total. The molecule has 1 N–H and O–H groups in total. The third-order valence-corrected chi connectivity index (χ3v) is 4.28. The van der Waals surface area contributed by atoms with E-state index in [2.05, 4.69) is 26.5 Å². The molecule has 0 unspecified atom stereocenters. The Labute approximate surface area is 169 Å². The second kappa shape index (κ2) is 8.93. The Kier molecular flexibility index (Phi) is 6.36. The van der Waals surface area contributed by atoms with Gasteiger partial charge >= 0.3 is 6.18 Å². The average molecular weight is 449 g/mol. The summed E-state index contributed by atoms with van der Waals surface area (Å²) in [6, 6.07) is 19.9. The molecule has 0 bridgehead atoms. The predicted octanol–water partition coefficient (Wildman–Crippen LogP) is 6.49. The van der Waals surface area contributed by atoms with E-state index in [4.69, 9.17) is 4.74 Å². The van der Waals surface area contributed by atoms with Crippen LogP contribution in [-0.2, 0) is 12.8 Å². The molecule has 7 heteroatoms. The first-order valence-electron chi connectivity index (χ1n) is 8.34. The normalized spacial score (nSPS) is 11.6. The Morgan fingerprint density at radius 3 is 2.50 bits per heavy atom. The van der Waals surface area contributed by atoms with E-state index in [1.54, 1.807) is 24.4 Å². The lowest BCUT2D eigenvalue weighted by molar-refractivity contribution is -0.137. The highest BCUT2D eigenvalue weighted by molar-refractivity contribution is 9.10. The standard InChI is InChI=1S/C21H16BrF3N2O/c22-18-9-10-20(16(12-18)13-26-27-19-7-2-1-3-8-19)28-14-15-5-4-6-17(11-15)21(23,24)25/h1-13,27H,14H2. The van der Waals surface area contributed by atoms with Crippen molar-refractivity contribution in [1.29, 1.82) is 0 Å². The molecule has 0 aliphatic rings. The summed E-state index contributed by atoms with van der Waals surface area (Å²) in [6.07, 6.45) is -2.78. The van der Waals surface area contributed by atoms with E-state index >= 15 is 0 Å². The zero-order chi connectivity index (χ0) is 20.0. The molecule has 144 valence electrons. The molecule has 0 aromatic heterocycles. The first kappa shape index (κ1) is 19.9. The van der Waals surface area contributed by atoms with Gasteiger partial charge in [-0.15, -0.1) is 0 Å². The average Bonchev–Trinajstić information content (AvgIpc) is 2.68. The molecule has 28 heavy (non-hydrogen) atoms. The topological polar surface area (TPSA) is 33.6 Å². The van der Waals surface area contributed by atoms with Crippen molar-refractivity contribution in [2.75, 3.05) is 5.43 Å². The molecule has 0 spiro atoms. The van der Waals surface area contributed by atoms with Crippen molar-refractivity contribution in [3.63, 3.8) is 0 Å². The number of para-hydroxylation sites is 1. The molecule has 0 aliphatic heterocycles. The van der Waals surface area contributed by atoms with Gasteiger partial charge < -0.3 is 4.74 Å². The smallest absolute Gasteiger partial charge is 0.416 e. The Hall–Kier alpha value is -2.80. The fraction of sp³-hybridized carbons (Fsp3) is 0.0952. The van der Waals surface area contributed by atoms with Crippen LogP contribution in [0, 0.1) is 0 Å². The number of rotatable bonds is 6. The summed E-state index contributed by atoms with van der Waals surface area (Å²) in [4.78, 5) is 0. The van der Waals surface area contributed by atoms with E-state index < -0.39 is 11.7 Å². The number of benzene rings is 3. The van der Waals surface area contributed by atoms with Gasteiger partial charge in [0.1, 0.15) is 12.4 Å². The summed E-state index contributed by atoms with van der Waals surface area (Å²) in [5.41, 5.74) is 4.17. The van der Waals surface area contributed by atoms with Crippen LogP contribution in [0.3, 0.4) is 0 Å². The number of ether oxygens (including phenoxy) is 1. The highest BCUT2D eigenvalue weighted by atomic mass is 79.9. The minimum Gasteiger partial charge on any atom is -0.488 e. The quantitative estimate of drug-likeness (QED) is 0.345. The molecule has 0 atom stereocenters. The van der Waals surface area contributed by atoms with Crippen LogP contribution in [0.4, 0.5) is 18.9 Å². The monoisotopic (exact) mass is 448 g/mol. The highest BCUT2D eigenvalue weighted by Crippen LogP contribution is 2.30. The van der Waals surface area contributed by atoms with Crippen molar-refractivity contribution >= 4 is 27.8 Å². The molecule has 0 amide bonds. The fourth-order valence-electron chi connectivity index (χ4n) is 2.44. The van der Waals surface area contributed by atoms with Gasteiger partial charge in [0.2, 0.25) is 0 Å². The number of anilines is 1. The molecule has 0 heterocycles. The number of nitrogens with one attached hydrogen (secondary N) is 1. The van der Waals surface area contributed by atoms with Gasteiger partial charge in [-0.05, 0) is 48.0 Å². The van der Waals surface area contributed by atoms with Gasteiger partial charge in [0.05, 0.1) is 17.5 Å². The molecule has 0 saturated carbocycles. The molecule has 0 fully saturated rings. The van der Waals surface area contributed by atoms with Crippen LogP contribution in [-0.4, -0.2) is 6.21 Å². The van der Waals surface area contributed by atoms with Gasteiger partial charge in [-0.3, -0.25) is 5.43 Å². The van der Waals surface area contributed by atoms with E-state index in [1.165, 1.54) is 6.07 Å². The van der Waals surface area contributed by atoms with Crippen LogP contribution < -0.4 is 10.2 Å². The highest BCUT2D eigenvalue weighted by Gasteiger charge is 2.30. The Morgan fingerprint density at radius 2 is 1.75 bits per heavy atom. The number of hydrogen-bond donors (Lipinski definition) is 1. The largest absolute Gasteiger partial charge is 0.488 e. The number of halogens is 4. The van der Waals surface area contributed by atoms with Crippen molar-refractivity contribution in [2.24, 2.45) is 5.10 Å². The molecule has 3 aromatic carbocycles. The maximum absolute atomic E-state index is 12.8. The molecule has 0 aliphatic carbocycles. The van der Waals surface area contributed by atoms with Crippen molar-refractivity contribution < 1.29 is 17.9 Å². The van der Waals surface area contributed by atoms with Crippen molar-refractivity contribution in [3.05, 3.63) is 94.0 Å². The Balaban J connectivity index is 1.72. The van der Waals surface area contributed by atoms with Gasteiger partial charge in [0.25, 0.3) is 0 Å². The zero-order valence-corrected chi connectivity index (χ0v) is 16.2. The van der Waals surface area contributed by atoms with Crippen LogP contribution in [0.25, 0.3) is 0 Å². The number of nitrogens with zero attached hydrogens (tertiary/aromatic N) is 1. The van der Waals surface area contributed by atoms with E-state index in [-0.39, 0.29) is 6.61 Å². The van der Waals surface area contributed by atoms with Gasteiger partial charge in [0.15, 0.2) is 0 Å². The summed E-state index contributed by atoms with van der Waals surface area (Å²) < 4.78 is 45.1. The third-order valence-electron chi connectivity index (χ3n) is 3.79. The number of hydrogen-bond acceptors (Lipinski definition) is 3. The van der Waals surface area contributed by atoms with Crippen molar-refractivity contribution in [3.8, 4) is 5.75 Å². The summed E-state index contributed by atoms with van der Waals surface area (Å²) in [7, 11) is 0. The Morgan fingerprint density at radius 1 is 0.964 bits per heavy atom. The molecule has 0 saturated heterocycles. The van der Waals surface area contributed by atoms with Gasteiger partial charge in [-0.25, -0.2) is 0 Å². The second-order valence-electron chi connectivity index (χ2n) is 5.90. The Bertz CT molecular complexity index is 959. The molecular formula is C21H16BrF3N2O. The van der Waals surface area contributed by atoms with E-state index in [0.29, 0.717) is 16.9 Å². The maximum Gasteiger partial charge on any atom is 0.416 e. The van der Waals surface area contributed by atoms with Crippen LogP contribution in [0.2, 0.25) is 0 Å². The van der Waals surface area contributed by atoms with E-state index in [0.717, 1.165) is 22.3 Å². The van der Waals surface area contributed by atoms with E-state index in [1.807, 2.05) is 36.4 Å². The second-order valence-corrected chi connectivity index (χ2v) is 6.82. The predicted molar refractivity (Wildman–Crippen MR) is 108 cm³/mol. The lowest BCUT2D eigenvalue weighted by Crippen LogP contribution is -2.06.